The molecule has 30 heavy (non-hydrogen) atoms. The number of hydroxylamine groups is 1. The Hall–Kier alpha value is -3.11. The maximum atomic E-state index is 12.6. The second-order valence-electron chi connectivity index (χ2n) is 7.04. The van der Waals surface area contributed by atoms with E-state index in [2.05, 4.69) is 4.72 Å². The molecule has 2 aromatic carbocycles. The monoisotopic (exact) mass is 434 g/mol. The second-order valence-corrected chi connectivity index (χ2v) is 8.72. The predicted octanol–water partition coefficient (Wildman–Crippen LogP) is 1.72. The summed E-state index contributed by atoms with van der Waals surface area (Å²) in [6.45, 7) is 0. The van der Waals surface area contributed by atoms with Gasteiger partial charge < -0.3 is 9.47 Å². The molecule has 1 aliphatic rings. The highest BCUT2D eigenvalue weighted by molar-refractivity contribution is 7.92. The lowest BCUT2D eigenvalue weighted by Gasteiger charge is -2.16. The van der Waals surface area contributed by atoms with Gasteiger partial charge in [0, 0.05) is 5.69 Å². The minimum Gasteiger partial charge on any atom is -0.497 e. The molecule has 0 saturated heterocycles. The van der Waals surface area contributed by atoms with Gasteiger partial charge in [0.2, 0.25) is 5.91 Å². The molecule has 0 aromatic heterocycles. The van der Waals surface area contributed by atoms with Crippen molar-refractivity contribution in [1.29, 1.82) is 0 Å². The van der Waals surface area contributed by atoms with Crippen molar-refractivity contribution in [1.82, 2.24) is 5.48 Å². The van der Waals surface area contributed by atoms with Crippen LogP contribution in [0.5, 0.6) is 5.75 Å². The Balaban J connectivity index is 1.80. The summed E-state index contributed by atoms with van der Waals surface area (Å²) in [5.74, 6) is -1.39. The van der Waals surface area contributed by atoms with Crippen LogP contribution < -0.4 is 14.9 Å². The number of ether oxygens (including phenoxy) is 2. The van der Waals surface area contributed by atoms with E-state index in [1.54, 1.807) is 41.9 Å². The summed E-state index contributed by atoms with van der Waals surface area (Å²) in [6.07, 6.45) is 0.393. The SMILES string of the molecule is COC(=O)C1(Cc2cccc(NS(=O)(=O)c3ccc(OC)cc3)c2)CC1C(=O)NO. The number of methoxy groups -OCH3 is 2. The molecule has 0 spiro atoms. The molecule has 0 radical (unpaired) electrons. The Labute approximate surface area is 174 Å². The highest BCUT2D eigenvalue weighted by Crippen LogP contribution is 2.55. The van der Waals surface area contributed by atoms with Gasteiger partial charge in [-0.25, -0.2) is 13.9 Å². The van der Waals surface area contributed by atoms with Crippen LogP contribution in [0.4, 0.5) is 5.69 Å². The van der Waals surface area contributed by atoms with Gasteiger partial charge in [0.15, 0.2) is 0 Å². The van der Waals surface area contributed by atoms with Crippen molar-refractivity contribution in [2.45, 2.75) is 17.7 Å². The summed E-state index contributed by atoms with van der Waals surface area (Å²) in [7, 11) is -1.11. The Bertz CT molecular complexity index is 1050. The van der Waals surface area contributed by atoms with Gasteiger partial charge in [-0.15, -0.1) is 0 Å². The number of anilines is 1. The fraction of sp³-hybridized carbons (Fsp3) is 0.300. The fourth-order valence-corrected chi connectivity index (χ4v) is 4.55. The number of carbonyl (C=O) groups is 2. The molecular weight excluding hydrogens is 412 g/mol. The van der Waals surface area contributed by atoms with Gasteiger partial charge >= 0.3 is 5.97 Å². The van der Waals surface area contributed by atoms with E-state index in [1.165, 1.54) is 26.4 Å². The minimum absolute atomic E-state index is 0.0709. The number of esters is 1. The zero-order valence-corrected chi connectivity index (χ0v) is 17.2. The molecule has 9 nitrogen and oxygen atoms in total. The second kappa shape index (κ2) is 8.33. The Morgan fingerprint density at radius 1 is 1.17 bits per heavy atom. The zero-order chi connectivity index (χ0) is 21.9. The fourth-order valence-electron chi connectivity index (χ4n) is 3.50. The molecule has 2 unspecified atom stereocenters. The van der Waals surface area contributed by atoms with Crippen molar-refractivity contribution in [2.24, 2.45) is 11.3 Å². The van der Waals surface area contributed by atoms with Crippen molar-refractivity contribution >= 4 is 27.6 Å². The van der Waals surface area contributed by atoms with Gasteiger partial charge in [-0.2, -0.15) is 0 Å². The molecule has 10 heteroatoms. The molecule has 160 valence electrons. The average molecular weight is 434 g/mol. The predicted molar refractivity (Wildman–Crippen MR) is 106 cm³/mol. The molecule has 0 bridgehead atoms. The van der Waals surface area contributed by atoms with Crippen LogP contribution in [-0.4, -0.2) is 39.7 Å². The molecule has 2 atom stereocenters. The van der Waals surface area contributed by atoms with Crippen LogP contribution in [0.1, 0.15) is 12.0 Å². The first-order valence-corrected chi connectivity index (χ1v) is 10.5. The van der Waals surface area contributed by atoms with Crippen molar-refractivity contribution in [3.8, 4) is 5.75 Å². The van der Waals surface area contributed by atoms with Crippen molar-refractivity contribution in [3.63, 3.8) is 0 Å². The lowest BCUT2D eigenvalue weighted by molar-refractivity contribution is -0.149. The molecule has 1 fully saturated rings. The molecule has 0 aliphatic heterocycles. The van der Waals surface area contributed by atoms with E-state index >= 15 is 0 Å². The summed E-state index contributed by atoms with van der Waals surface area (Å²) in [5.41, 5.74) is 1.43. The van der Waals surface area contributed by atoms with E-state index in [9.17, 15) is 18.0 Å². The highest BCUT2D eigenvalue weighted by atomic mass is 32.2. The van der Waals surface area contributed by atoms with E-state index in [1.807, 2.05) is 0 Å². The normalized spacial score (nSPS) is 20.2. The number of benzene rings is 2. The first kappa shape index (κ1) is 21.6. The molecular formula is C20H22N2O7S. The first-order chi connectivity index (χ1) is 14.3. The lowest BCUT2D eigenvalue weighted by atomic mass is 9.93. The van der Waals surface area contributed by atoms with E-state index in [-0.39, 0.29) is 17.7 Å². The number of rotatable bonds is 8. The van der Waals surface area contributed by atoms with Crippen LogP contribution in [0, 0.1) is 11.3 Å². The van der Waals surface area contributed by atoms with Crippen LogP contribution in [0.3, 0.4) is 0 Å². The van der Waals surface area contributed by atoms with E-state index in [4.69, 9.17) is 14.7 Å². The first-order valence-electron chi connectivity index (χ1n) is 9.04. The highest BCUT2D eigenvalue weighted by Gasteiger charge is 2.64. The minimum atomic E-state index is -3.83. The Morgan fingerprint density at radius 2 is 1.87 bits per heavy atom. The van der Waals surface area contributed by atoms with Gasteiger partial charge in [0.25, 0.3) is 10.0 Å². The van der Waals surface area contributed by atoms with Crippen LogP contribution in [0.2, 0.25) is 0 Å². The van der Waals surface area contributed by atoms with Crippen LogP contribution in [0.25, 0.3) is 0 Å². The van der Waals surface area contributed by atoms with E-state index in [0.29, 0.717) is 17.0 Å². The topological polar surface area (TPSA) is 131 Å². The summed E-state index contributed by atoms with van der Waals surface area (Å²) >= 11 is 0. The maximum Gasteiger partial charge on any atom is 0.312 e. The van der Waals surface area contributed by atoms with Gasteiger partial charge in [-0.3, -0.25) is 19.5 Å². The van der Waals surface area contributed by atoms with Crippen LogP contribution >= 0.6 is 0 Å². The molecule has 3 N–H and O–H groups in total. The molecule has 1 aliphatic carbocycles. The largest absolute Gasteiger partial charge is 0.497 e. The molecule has 1 amide bonds. The van der Waals surface area contributed by atoms with Gasteiger partial charge in [-0.05, 0) is 54.8 Å². The van der Waals surface area contributed by atoms with Crippen LogP contribution in [-0.2, 0) is 30.8 Å². The Morgan fingerprint density at radius 3 is 2.47 bits per heavy atom. The third kappa shape index (κ3) is 4.24. The molecule has 2 aromatic rings. The van der Waals surface area contributed by atoms with Gasteiger partial charge in [0.1, 0.15) is 5.75 Å². The smallest absolute Gasteiger partial charge is 0.312 e. The summed E-state index contributed by atoms with van der Waals surface area (Å²) in [5, 5.41) is 8.87. The molecule has 1 saturated carbocycles. The quantitative estimate of drug-likeness (QED) is 0.327. The Kier molecular flexibility index (Phi) is 5.99. The van der Waals surface area contributed by atoms with Crippen molar-refractivity contribution in [3.05, 3.63) is 54.1 Å². The van der Waals surface area contributed by atoms with E-state index < -0.39 is 33.2 Å². The number of sulfonamides is 1. The number of amides is 1. The maximum absolute atomic E-state index is 12.6. The van der Waals surface area contributed by atoms with Gasteiger partial charge in [0.05, 0.1) is 30.4 Å². The van der Waals surface area contributed by atoms with Crippen molar-refractivity contribution in [2.75, 3.05) is 18.9 Å². The van der Waals surface area contributed by atoms with Crippen molar-refractivity contribution < 1.29 is 32.7 Å². The van der Waals surface area contributed by atoms with Crippen LogP contribution in [0.15, 0.2) is 53.4 Å². The average Bonchev–Trinajstić information content (AvgIpc) is 3.47. The van der Waals surface area contributed by atoms with Gasteiger partial charge in [-0.1, -0.05) is 12.1 Å². The zero-order valence-electron chi connectivity index (χ0n) is 16.4. The number of hydrogen-bond acceptors (Lipinski definition) is 7. The summed E-state index contributed by atoms with van der Waals surface area (Å²) in [4.78, 5) is 24.1. The van der Waals surface area contributed by atoms with E-state index in [0.717, 1.165) is 0 Å². The third-order valence-electron chi connectivity index (χ3n) is 5.16. The number of carbonyl (C=O) groups excluding carboxylic acids is 2. The number of nitrogens with one attached hydrogen (secondary N) is 2. The molecule has 3 rings (SSSR count). The number of hydrogen-bond donors (Lipinski definition) is 3. The lowest BCUT2D eigenvalue weighted by Crippen LogP contribution is -2.30. The third-order valence-corrected chi connectivity index (χ3v) is 6.56. The summed E-state index contributed by atoms with van der Waals surface area (Å²) in [6, 6.07) is 12.5. The standard InChI is InChI=1S/C20H22N2O7S/c1-28-15-6-8-16(9-7-15)30(26,27)22-14-5-3-4-13(10-14)11-20(19(24)29-2)12-17(20)18(23)21-25/h3-10,17,22,25H,11-12H2,1-2H3,(H,21,23). The summed E-state index contributed by atoms with van der Waals surface area (Å²) < 4.78 is 37.7. The molecule has 0 heterocycles.